The van der Waals surface area contributed by atoms with Gasteiger partial charge in [0.2, 0.25) is 10.0 Å². The summed E-state index contributed by atoms with van der Waals surface area (Å²) in [6.45, 7) is -0.157. The average molecular weight is 485 g/mol. The Balaban J connectivity index is 1.59. The predicted octanol–water partition coefficient (Wildman–Crippen LogP) is 4.23. The van der Waals surface area contributed by atoms with E-state index < -0.39 is 21.9 Å². The lowest BCUT2D eigenvalue weighted by atomic mass is 10.0. The number of rotatable bonds is 9. The minimum atomic E-state index is -3.97. The second kappa shape index (κ2) is 10.2. The number of nitrogens with zero attached hydrogens (tertiary/aromatic N) is 2. The van der Waals surface area contributed by atoms with E-state index in [9.17, 15) is 12.8 Å². The van der Waals surface area contributed by atoms with Crippen molar-refractivity contribution in [1.29, 1.82) is 0 Å². The molecule has 0 aromatic heterocycles. The van der Waals surface area contributed by atoms with Crippen LogP contribution in [0, 0.1) is 5.82 Å². The van der Waals surface area contributed by atoms with E-state index in [2.05, 4.69) is 5.16 Å². The first kappa shape index (κ1) is 23.7. The molecule has 4 rings (SSSR count). The molecule has 1 aliphatic rings. The minimum absolute atomic E-state index is 0.00908. The van der Waals surface area contributed by atoms with Gasteiger partial charge in [-0.05, 0) is 42.5 Å². The van der Waals surface area contributed by atoms with Gasteiger partial charge < -0.3 is 14.3 Å². The highest BCUT2D eigenvalue weighted by molar-refractivity contribution is 7.89. The van der Waals surface area contributed by atoms with Crippen molar-refractivity contribution in [2.24, 2.45) is 5.16 Å². The molecule has 7 nitrogen and oxygen atoms in total. The Morgan fingerprint density at radius 2 is 1.71 bits per heavy atom. The standard InChI is InChI=1S/C25H25FN2O5S/c1-31-19-11-13-21(14-12-19)34(29,30)28(16-18-7-3-5-9-23(18)26)17-20-15-24(27-33-20)22-8-4-6-10-25(22)32-2/h3-14,20H,15-17H2,1-2H3. The lowest BCUT2D eigenvalue weighted by Gasteiger charge is -2.24. The Morgan fingerprint density at radius 1 is 1.00 bits per heavy atom. The summed E-state index contributed by atoms with van der Waals surface area (Å²) in [6.07, 6.45) is -0.161. The SMILES string of the molecule is COc1ccc(S(=O)(=O)N(Cc2ccccc2F)CC2CC(c3ccccc3OC)=NO2)cc1. The number of benzene rings is 3. The zero-order chi connectivity index (χ0) is 24.1. The molecule has 1 heterocycles. The number of para-hydroxylation sites is 1. The van der Waals surface area contributed by atoms with Crippen molar-refractivity contribution < 1.29 is 27.1 Å². The molecule has 3 aromatic carbocycles. The Hall–Kier alpha value is -3.43. The fourth-order valence-electron chi connectivity index (χ4n) is 3.76. The molecule has 0 saturated heterocycles. The van der Waals surface area contributed by atoms with Crippen LogP contribution in [0.5, 0.6) is 11.5 Å². The molecule has 1 aliphatic heterocycles. The number of oxime groups is 1. The fourth-order valence-corrected chi connectivity index (χ4v) is 5.21. The molecule has 0 N–H and O–H groups in total. The van der Waals surface area contributed by atoms with Crippen LogP contribution in [0.2, 0.25) is 0 Å². The maximum absolute atomic E-state index is 14.4. The molecule has 0 bridgehead atoms. The first-order valence-corrected chi connectivity index (χ1v) is 12.1. The van der Waals surface area contributed by atoms with Crippen LogP contribution in [0.3, 0.4) is 0 Å². The zero-order valence-electron chi connectivity index (χ0n) is 18.8. The number of hydrogen-bond acceptors (Lipinski definition) is 6. The number of ether oxygens (including phenoxy) is 2. The van der Waals surface area contributed by atoms with Crippen LogP contribution in [-0.2, 0) is 21.4 Å². The van der Waals surface area contributed by atoms with Gasteiger partial charge in [0.1, 0.15) is 23.4 Å². The van der Waals surface area contributed by atoms with Crippen molar-refractivity contribution in [2.45, 2.75) is 24.0 Å². The number of hydrogen-bond donors (Lipinski definition) is 0. The molecule has 9 heteroatoms. The molecule has 1 atom stereocenters. The van der Waals surface area contributed by atoms with Crippen molar-refractivity contribution in [3.63, 3.8) is 0 Å². The smallest absolute Gasteiger partial charge is 0.243 e. The summed E-state index contributed by atoms with van der Waals surface area (Å²) in [6, 6.07) is 19.6. The maximum atomic E-state index is 14.4. The van der Waals surface area contributed by atoms with Crippen LogP contribution >= 0.6 is 0 Å². The van der Waals surface area contributed by atoms with Crippen molar-refractivity contribution in [3.8, 4) is 11.5 Å². The van der Waals surface area contributed by atoms with Crippen LogP contribution in [0.15, 0.2) is 82.8 Å². The van der Waals surface area contributed by atoms with Gasteiger partial charge >= 0.3 is 0 Å². The molecule has 0 spiro atoms. The maximum Gasteiger partial charge on any atom is 0.243 e. The summed E-state index contributed by atoms with van der Waals surface area (Å²) in [7, 11) is -0.890. The van der Waals surface area contributed by atoms with E-state index in [1.165, 1.54) is 29.6 Å². The third-order valence-corrected chi connectivity index (χ3v) is 7.39. The fraction of sp³-hybridized carbons (Fsp3) is 0.240. The number of methoxy groups -OCH3 is 2. The molecule has 178 valence electrons. The van der Waals surface area contributed by atoms with Gasteiger partial charge in [-0.3, -0.25) is 0 Å². The lowest BCUT2D eigenvalue weighted by molar-refractivity contribution is 0.0692. The van der Waals surface area contributed by atoms with E-state index in [0.29, 0.717) is 23.6 Å². The molecule has 3 aromatic rings. The van der Waals surface area contributed by atoms with Gasteiger partial charge in [0.25, 0.3) is 0 Å². The van der Waals surface area contributed by atoms with Gasteiger partial charge in [-0.1, -0.05) is 35.5 Å². The molecular formula is C25H25FN2O5S. The predicted molar refractivity (Wildman–Crippen MR) is 126 cm³/mol. The van der Waals surface area contributed by atoms with Crippen LogP contribution in [0.4, 0.5) is 4.39 Å². The summed E-state index contributed by atoms with van der Waals surface area (Å²) >= 11 is 0. The molecule has 0 aliphatic carbocycles. The average Bonchev–Trinajstić information content (AvgIpc) is 3.33. The van der Waals surface area contributed by atoms with Gasteiger partial charge in [-0.2, -0.15) is 4.31 Å². The normalized spacial score (nSPS) is 15.6. The van der Waals surface area contributed by atoms with Crippen molar-refractivity contribution in [3.05, 3.63) is 89.7 Å². The highest BCUT2D eigenvalue weighted by Crippen LogP contribution is 2.27. The molecule has 0 fully saturated rings. The van der Waals surface area contributed by atoms with Crippen LogP contribution in [-0.4, -0.2) is 45.3 Å². The number of sulfonamides is 1. The van der Waals surface area contributed by atoms with Crippen LogP contribution in [0.1, 0.15) is 17.5 Å². The Labute approximate surface area is 198 Å². The molecule has 0 amide bonds. The van der Waals surface area contributed by atoms with E-state index in [1.54, 1.807) is 37.4 Å². The summed E-state index contributed by atoms with van der Waals surface area (Å²) < 4.78 is 53.2. The van der Waals surface area contributed by atoms with Crippen molar-refractivity contribution in [1.82, 2.24) is 4.31 Å². The topological polar surface area (TPSA) is 77.4 Å². The molecule has 34 heavy (non-hydrogen) atoms. The van der Waals surface area contributed by atoms with Gasteiger partial charge in [-0.25, -0.2) is 12.8 Å². The van der Waals surface area contributed by atoms with E-state index in [-0.39, 0.29) is 23.5 Å². The van der Waals surface area contributed by atoms with Crippen LogP contribution in [0.25, 0.3) is 0 Å². The van der Waals surface area contributed by atoms with Gasteiger partial charge in [-0.15, -0.1) is 0 Å². The highest BCUT2D eigenvalue weighted by atomic mass is 32.2. The molecule has 0 saturated carbocycles. The molecular weight excluding hydrogens is 459 g/mol. The second-order valence-electron chi connectivity index (χ2n) is 7.73. The molecule has 0 radical (unpaired) electrons. The third-order valence-electron chi connectivity index (χ3n) is 5.56. The zero-order valence-corrected chi connectivity index (χ0v) is 19.7. The van der Waals surface area contributed by atoms with Crippen LogP contribution < -0.4 is 9.47 Å². The lowest BCUT2D eigenvalue weighted by Crippen LogP contribution is -2.37. The van der Waals surface area contributed by atoms with Crippen molar-refractivity contribution in [2.75, 3.05) is 20.8 Å². The summed E-state index contributed by atoms with van der Waals surface area (Å²) in [5, 5.41) is 4.18. The van der Waals surface area contributed by atoms with Crippen molar-refractivity contribution >= 4 is 15.7 Å². The first-order chi connectivity index (χ1) is 16.4. The quantitative estimate of drug-likeness (QED) is 0.454. The Bertz CT molecular complexity index is 1280. The van der Waals surface area contributed by atoms with E-state index in [1.807, 2.05) is 24.3 Å². The third kappa shape index (κ3) is 5.05. The van der Waals surface area contributed by atoms with Gasteiger partial charge in [0.15, 0.2) is 0 Å². The van der Waals surface area contributed by atoms with Gasteiger partial charge in [0, 0.05) is 24.1 Å². The molecule has 1 unspecified atom stereocenters. The largest absolute Gasteiger partial charge is 0.497 e. The highest BCUT2D eigenvalue weighted by Gasteiger charge is 2.32. The summed E-state index contributed by atoms with van der Waals surface area (Å²) in [5.41, 5.74) is 1.71. The first-order valence-electron chi connectivity index (χ1n) is 10.7. The van der Waals surface area contributed by atoms with E-state index in [0.717, 1.165) is 5.56 Å². The summed E-state index contributed by atoms with van der Waals surface area (Å²) in [5.74, 6) is 0.712. The van der Waals surface area contributed by atoms with Gasteiger partial charge in [0.05, 0.1) is 31.4 Å². The van der Waals surface area contributed by atoms with E-state index in [4.69, 9.17) is 14.3 Å². The Morgan fingerprint density at radius 3 is 2.41 bits per heavy atom. The van der Waals surface area contributed by atoms with E-state index >= 15 is 0 Å². The monoisotopic (exact) mass is 484 g/mol. The minimum Gasteiger partial charge on any atom is -0.497 e. The number of halogens is 1. The summed E-state index contributed by atoms with van der Waals surface area (Å²) in [4.78, 5) is 5.68. The Kier molecular flexibility index (Phi) is 7.14. The second-order valence-corrected chi connectivity index (χ2v) is 9.67.